The molecule has 0 bridgehead atoms. The maximum absolute atomic E-state index is 10.6. The molecule has 0 N–H and O–H groups in total. The first-order valence-corrected chi connectivity index (χ1v) is 2.13. The van der Waals surface area contributed by atoms with Crippen molar-refractivity contribution in [3.05, 3.63) is 6.62 Å². The van der Waals surface area contributed by atoms with Gasteiger partial charge in [-0.3, -0.25) is 0 Å². The van der Waals surface area contributed by atoms with Crippen LogP contribution in [0.25, 0.3) is 0 Å². The molecule has 0 aliphatic heterocycles. The minimum absolute atomic E-state index is 0.720. The molecule has 0 heterocycles. The zero-order chi connectivity index (χ0) is 4.28. The van der Waals surface area contributed by atoms with Crippen molar-refractivity contribution in [3.8, 4) is 0 Å². The molecule has 0 rings (SSSR count). The van der Waals surface area contributed by atoms with Crippen LogP contribution in [0.3, 0.4) is 0 Å². The minimum atomic E-state index is -1.63. The molecule has 0 aliphatic carbocycles. The van der Waals surface area contributed by atoms with E-state index in [1.54, 1.807) is 0 Å². The summed E-state index contributed by atoms with van der Waals surface area (Å²) in [5, 5.41) is 0. The second-order valence-electron chi connectivity index (χ2n) is 0.399. The summed E-state index contributed by atoms with van der Waals surface area (Å²) in [7, 11) is 0. The van der Waals surface area contributed by atoms with Crippen LogP contribution < -0.4 is 0 Å². The third-order valence-electron chi connectivity index (χ3n) is 0.0825. The summed E-state index contributed by atoms with van der Waals surface area (Å²) in [5.41, 5.74) is 0. The second-order valence-corrected chi connectivity index (χ2v) is 1.02. The first-order valence-electron chi connectivity index (χ1n) is 0.885. The molecule has 0 saturated carbocycles. The summed E-state index contributed by atoms with van der Waals surface area (Å²) in [4.78, 5) is 0. The summed E-state index contributed by atoms with van der Waals surface area (Å²) in [6.07, 6.45) is -1.63. The SMILES string of the molecule is FC(F)=C[XeH]. The van der Waals surface area contributed by atoms with Gasteiger partial charge < -0.3 is 0 Å². The van der Waals surface area contributed by atoms with Crippen molar-refractivity contribution in [1.29, 1.82) is 0 Å². The average Bonchev–Trinajstić information content (AvgIpc) is 1.38. The Morgan fingerprint density at radius 2 is 1.80 bits per heavy atom. The van der Waals surface area contributed by atoms with Crippen molar-refractivity contribution < 1.29 is 55.3 Å². The van der Waals surface area contributed by atoms with E-state index < -0.39 is 6.08 Å². The molecule has 0 aromatic carbocycles. The Bertz CT molecular complexity index is 45.6. The Hall–Kier alpha value is 1.17. The van der Waals surface area contributed by atoms with E-state index in [0.717, 1.165) is 0.544 Å². The van der Waals surface area contributed by atoms with Gasteiger partial charge in [0, 0.05) is 0 Å². The molecule has 0 aromatic rings. The van der Waals surface area contributed by atoms with E-state index in [1.807, 2.05) is 0 Å². The van der Waals surface area contributed by atoms with E-state index in [2.05, 4.69) is 0 Å². The molecule has 0 fully saturated rings. The predicted molar refractivity (Wildman–Crippen MR) is 11.7 cm³/mol. The van der Waals surface area contributed by atoms with Gasteiger partial charge in [-0.1, -0.05) is 0 Å². The Morgan fingerprint density at radius 1 is 1.60 bits per heavy atom. The molecule has 0 unspecified atom stereocenters. The molecular weight excluding hydrogens is 193 g/mol. The third kappa shape index (κ3) is 5.17. The normalized spacial score (nSPS) is 7.20. The first kappa shape index (κ1) is 6.17. The van der Waals surface area contributed by atoms with Gasteiger partial charge in [-0.2, -0.15) is 0 Å². The molecular formula is C2H2F2Xe. The van der Waals surface area contributed by atoms with Gasteiger partial charge in [0.05, 0.1) is 0 Å². The summed E-state index contributed by atoms with van der Waals surface area (Å²) < 4.78 is 22.0. The van der Waals surface area contributed by atoms with Gasteiger partial charge >= 0.3 is 61.9 Å². The zero-order valence-electron chi connectivity index (χ0n) is 2.21. The molecule has 0 spiro atoms. The van der Waals surface area contributed by atoms with Crippen LogP contribution in [0.1, 0.15) is 0 Å². The fourth-order valence-electron chi connectivity index (χ4n) is 0. The van der Waals surface area contributed by atoms with E-state index in [-0.39, 0.29) is 0 Å². The standard InChI is InChI=1S/C2H2F2Xe/c3-2(4)1-5/h1,5H. The molecule has 0 saturated heterocycles. The van der Waals surface area contributed by atoms with Crippen LogP contribution in [0, 0.1) is 46.5 Å². The number of hydrogen-bond donors (Lipinski definition) is 0. The van der Waals surface area contributed by atoms with Crippen LogP contribution in [0.4, 0.5) is 8.78 Å². The van der Waals surface area contributed by atoms with Crippen molar-refractivity contribution in [2.45, 2.75) is 0 Å². The van der Waals surface area contributed by atoms with Gasteiger partial charge in [-0.05, 0) is 0 Å². The van der Waals surface area contributed by atoms with Gasteiger partial charge in [-0.25, -0.2) is 0 Å². The quantitative estimate of drug-likeness (QED) is 0.541. The molecule has 0 atom stereocenters. The van der Waals surface area contributed by atoms with E-state index in [9.17, 15) is 8.78 Å². The van der Waals surface area contributed by atoms with E-state index in [0.29, 0.717) is 0 Å². The number of hydrogen-bond acceptors (Lipinski definition) is 0. The Labute approximate surface area is 60.9 Å². The average molecular weight is 195 g/mol. The predicted octanol–water partition coefficient (Wildman–Crippen LogP) is 1.01. The van der Waals surface area contributed by atoms with Crippen molar-refractivity contribution in [2.24, 2.45) is 0 Å². The van der Waals surface area contributed by atoms with Gasteiger partial charge in [0.15, 0.2) is 0 Å². The molecule has 5 heavy (non-hydrogen) atoms. The Balaban J connectivity index is 3.14. The van der Waals surface area contributed by atoms with E-state index in [4.69, 9.17) is 0 Å². The molecule has 0 aliphatic rings. The van der Waals surface area contributed by atoms with Gasteiger partial charge in [0.2, 0.25) is 0 Å². The van der Waals surface area contributed by atoms with E-state index in [1.165, 1.54) is 46.5 Å². The maximum atomic E-state index is 10.6. The Kier molecular flexibility index (Phi) is 4.15. The summed E-state index contributed by atoms with van der Waals surface area (Å²) in [6.45, 7) is 0. The molecule has 32 valence electrons. The molecule has 0 nitrogen and oxygen atoms in total. The molecule has 0 aromatic heterocycles. The topological polar surface area (TPSA) is 0 Å². The monoisotopic (exact) mass is 196 g/mol. The number of halogens is 2. The van der Waals surface area contributed by atoms with Gasteiger partial charge in [0.1, 0.15) is 0 Å². The first-order chi connectivity index (χ1) is 2.27. The Morgan fingerprint density at radius 3 is 1.80 bits per heavy atom. The summed E-state index contributed by atoms with van der Waals surface area (Å²) >= 11 is 1.47. The van der Waals surface area contributed by atoms with Crippen LogP contribution in [0.15, 0.2) is 6.62 Å². The van der Waals surface area contributed by atoms with Crippen molar-refractivity contribution in [1.82, 2.24) is 0 Å². The molecule has 0 amide bonds. The van der Waals surface area contributed by atoms with Gasteiger partial charge in [0.25, 0.3) is 0 Å². The zero-order valence-corrected chi connectivity index (χ0v) is 4.37. The van der Waals surface area contributed by atoms with Crippen LogP contribution in [-0.2, 0) is 0 Å². The van der Waals surface area contributed by atoms with Crippen molar-refractivity contribution in [2.75, 3.05) is 0 Å². The second kappa shape index (κ2) is 3.36. The van der Waals surface area contributed by atoms with Crippen molar-refractivity contribution >= 4 is 0 Å². The number of rotatable bonds is 0. The van der Waals surface area contributed by atoms with Crippen LogP contribution in [0.5, 0.6) is 0 Å². The van der Waals surface area contributed by atoms with Crippen LogP contribution in [-0.4, -0.2) is 0 Å². The fourth-order valence-corrected chi connectivity index (χ4v) is 0. The summed E-state index contributed by atoms with van der Waals surface area (Å²) in [6, 6.07) is 0. The van der Waals surface area contributed by atoms with Crippen LogP contribution in [0.2, 0.25) is 0 Å². The molecule has 0 radical (unpaired) electrons. The van der Waals surface area contributed by atoms with E-state index >= 15 is 0 Å². The van der Waals surface area contributed by atoms with Gasteiger partial charge in [-0.15, -0.1) is 0 Å². The van der Waals surface area contributed by atoms with Crippen molar-refractivity contribution in [3.63, 3.8) is 0 Å². The fraction of sp³-hybridized carbons (Fsp3) is 0. The van der Waals surface area contributed by atoms with Crippen LogP contribution >= 0.6 is 0 Å². The third-order valence-corrected chi connectivity index (χ3v) is 0.553. The summed E-state index contributed by atoms with van der Waals surface area (Å²) in [5.74, 6) is 0. The molecule has 3 heteroatoms.